The van der Waals surface area contributed by atoms with E-state index < -0.39 is 29.0 Å². The number of benzene rings is 4. The van der Waals surface area contributed by atoms with E-state index in [1.165, 1.54) is 0 Å². The van der Waals surface area contributed by atoms with Crippen molar-refractivity contribution >= 4 is 39.5 Å². The van der Waals surface area contributed by atoms with Gasteiger partial charge < -0.3 is 28.4 Å². The van der Waals surface area contributed by atoms with Crippen LogP contribution < -0.4 is 9.47 Å². The molecule has 2 aliphatic heterocycles. The Hall–Kier alpha value is -4.89. The summed E-state index contributed by atoms with van der Waals surface area (Å²) in [6.07, 6.45) is 4.76. The summed E-state index contributed by atoms with van der Waals surface area (Å²) in [7, 11) is 3.30. The maximum atomic E-state index is 14.2. The lowest BCUT2D eigenvalue weighted by molar-refractivity contribution is -0.215. The summed E-state index contributed by atoms with van der Waals surface area (Å²) in [5.74, 6) is -0.196. The molecular weight excluding hydrogens is 721 g/mol. The zero-order chi connectivity index (χ0) is 40.3. The van der Waals surface area contributed by atoms with E-state index in [1.807, 2.05) is 92.7 Å². The summed E-state index contributed by atoms with van der Waals surface area (Å²) >= 11 is 0. The number of cyclic esters (lactones) is 1. The number of rotatable bonds is 10. The van der Waals surface area contributed by atoms with Crippen LogP contribution in [0.3, 0.4) is 0 Å². The topological polar surface area (TPSA) is 107 Å². The first-order valence-corrected chi connectivity index (χ1v) is 20.3. The second kappa shape index (κ2) is 14.8. The molecule has 0 N–H and O–H groups in total. The molecule has 9 nitrogen and oxygen atoms in total. The Bertz CT molecular complexity index is 2260. The molecule has 0 spiro atoms. The lowest BCUT2D eigenvalue weighted by Gasteiger charge is -2.62. The number of hydrogen-bond donors (Lipinski definition) is 0. The number of carbonyl (C=O) groups excluding carboxylic acids is 3. The number of hydrogen-bond acceptors (Lipinski definition) is 9. The van der Waals surface area contributed by atoms with Gasteiger partial charge in [-0.1, -0.05) is 62.4 Å². The second-order valence-corrected chi connectivity index (χ2v) is 17.5. The van der Waals surface area contributed by atoms with E-state index in [-0.39, 0.29) is 54.5 Å². The number of ether oxygens (including phenoxy) is 6. The average molecular weight is 775 g/mol. The highest BCUT2D eigenvalue weighted by Gasteiger charge is 2.66. The summed E-state index contributed by atoms with van der Waals surface area (Å²) in [4.78, 5) is 40.8. The lowest BCUT2D eigenvalue weighted by atomic mass is 9.44. The van der Waals surface area contributed by atoms with Crippen LogP contribution in [0.1, 0.15) is 89.7 Å². The van der Waals surface area contributed by atoms with Crippen molar-refractivity contribution in [2.75, 3.05) is 27.4 Å². The van der Waals surface area contributed by atoms with Crippen LogP contribution in [0.4, 0.5) is 0 Å². The highest BCUT2D eigenvalue weighted by molar-refractivity contribution is 5.92. The van der Waals surface area contributed by atoms with Crippen LogP contribution in [0.15, 0.2) is 84.4 Å². The molecule has 4 aromatic rings. The minimum absolute atomic E-state index is 0.0474. The minimum atomic E-state index is -0.692. The number of methoxy groups -OCH3 is 2. The third-order valence-corrected chi connectivity index (χ3v) is 14.3. The number of carbonyl (C=O) groups is 3. The van der Waals surface area contributed by atoms with Gasteiger partial charge in [0.2, 0.25) is 0 Å². The molecule has 57 heavy (non-hydrogen) atoms. The Balaban J connectivity index is 1.06. The largest absolute Gasteiger partial charge is 0.497 e. The van der Waals surface area contributed by atoms with Gasteiger partial charge in [-0.25, -0.2) is 4.79 Å². The molecule has 1 saturated heterocycles. The van der Waals surface area contributed by atoms with Crippen molar-refractivity contribution in [2.45, 2.75) is 96.4 Å². The van der Waals surface area contributed by atoms with Crippen LogP contribution in [0.2, 0.25) is 0 Å². The third kappa shape index (κ3) is 6.85. The van der Waals surface area contributed by atoms with Crippen molar-refractivity contribution < 1.29 is 42.8 Å². The molecule has 4 aromatic carbocycles. The first-order chi connectivity index (χ1) is 27.3. The fraction of sp³-hybridized carbons (Fsp3) is 0.479. The van der Waals surface area contributed by atoms with Crippen molar-refractivity contribution in [2.24, 2.45) is 22.7 Å². The van der Waals surface area contributed by atoms with E-state index in [9.17, 15) is 14.4 Å². The summed E-state index contributed by atoms with van der Waals surface area (Å²) < 4.78 is 35.8. The molecule has 3 unspecified atom stereocenters. The maximum absolute atomic E-state index is 14.2. The molecule has 0 radical (unpaired) electrons. The predicted octanol–water partition coefficient (Wildman–Crippen LogP) is 9.24. The molecule has 2 heterocycles. The Labute approximate surface area is 335 Å². The molecule has 4 aliphatic rings. The molecule has 0 bridgehead atoms. The van der Waals surface area contributed by atoms with E-state index in [0.717, 1.165) is 63.4 Å². The first kappa shape index (κ1) is 39.0. The van der Waals surface area contributed by atoms with E-state index in [2.05, 4.69) is 20.8 Å². The Morgan fingerprint density at radius 1 is 0.754 bits per heavy atom. The van der Waals surface area contributed by atoms with Crippen LogP contribution in [0, 0.1) is 22.7 Å². The van der Waals surface area contributed by atoms with Gasteiger partial charge in [0.1, 0.15) is 30.8 Å². The Morgan fingerprint density at radius 2 is 1.33 bits per heavy atom. The van der Waals surface area contributed by atoms with Crippen molar-refractivity contribution in [3.05, 3.63) is 95.6 Å². The average Bonchev–Trinajstić information content (AvgIpc) is 3.82. The quantitative estimate of drug-likeness (QED) is 0.115. The summed E-state index contributed by atoms with van der Waals surface area (Å²) in [5.41, 5.74) is 1.01. The fourth-order valence-corrected chi connectivity index (χ4v) is 10.9. The highest BCUT2D eigenvalue weighted by Crippen LogP contribution is 2.66. The fourth-order valence-electron chi connectivity index (χ4n) is 10.9. The normalized spacial score (nSPS) is 30.4. The van der Waals surface area contributed by atoms with Crippen molar-refractivity contribution in [3.8, 4) is 11.5 Å². The number of esters is 3. The SMILES string of the molecule is COc1ccc2cc(C(C)C(=O)OC[C@@]3(C)[C@H]4CC[C@@]5(C)OC(C6=CCOC6=O)C[C@H]5[C@]4(C)CC[C@H]3OC(=O)C(C)c3ccc4cc(OC)ccc4c3)ccc2c1. The standard InChI is InChI=1S/C48H54O9/c1-28(30-8-10-34-24-36(52-6)14-12-32(34)22-30)43(49)55-27-47(4)40-16-20-48(5)41(26-39(57-48)38-18-21-54-45(38)51)46(40,3)19-17-42(47)56-44(50)29(2)31-9-11-35-25-37(53-7)15-13-33(35)23-31/h8-15,18,22-25,28-29,39-42H,16-17,19-21,26-27H2,1-7H3/t28?,29?,39?,40-,41-,42+,46+,47-,48+/m0/s1. The van der Waals surface area contributed by atoms with Gasteiger partial charge in [0.25, 0.3) is 0 Å². The molecular formula is C48H54O9. The van der Waals surface area contributed by atoms with Crippen LogP contribution in [0.25, 0.3) is 21.5 Å². The van der Waals surface area contributed by atoms with Gasteiger partial charge in [-0.05, 0) is 133 Å². The Morgan fingerprint density at radius 3 is 1.91 bits per heavy atom. The van der Waals surface area contributed by atoms with Crippen LogP contribution in [0.5, 0.6) is 11.5 Å². The van der Waals surface area contributed by atoms with Crippen molar-refractivity contribution in [3.63, 3.8) is 0 Å². The lowest BCUT2D eigenvalue weighted by Crippen LogP contribution is -2.62. The van der Waals surface area contributed by atoms with Gasteiger partial charge in [0.15, 0.2) is 0 Å². The highest BCUT2D eigenvalue weighted by atomic mass is 16.6. The van der Waals surface area contributed by atoms with Crippen LogP contribution in [-0.2, 0) is 33.3 Å². The predicted molar refractivity (Wildman–Crippen MR) is 217 cm³/mol. The molecule has 2 saturated carbocycles. The monoisotopic (exact) mass is 774 g/mol. The minimum Gasteiger partial charge on any atom is -0.497 e. The van der Waals surface area contributed by atoms with Gasteiger partial charge in [0, 0.05) is 5.41 Å². The molecule has 2 aliphatic carbocycles. The third-order valence-electron chi connectivity index (χ3n) is 14.3. The van der Waals surface area contributed by atoms with Gasteiger partial charge in [-0.15, -0.1) is 0 Å². The zero-order valence-electron chi connectivity index (χ0n) is 34.1. The van der Waals surface area contributed by atoms with Crippen LogP contribution >= 0.6 is 0 Å². The molecule has 9 atom stereocenters. The second-order valence-electron chi connectivity index (χ2n) is 17.5. The van der Waals surface area contributed by atoms with Gasteiger partial charge in [0.05, 0.1) is 43.3 Å². The Kier molecular flexibility index (Phi) is 10.1. The molecule has 0 amide bonds. The zero-order valence-corrected chi connectivity index (χ0v) is 34.1. The van der Waals surface area contributed by atoms with Gasteiger partial charge in [-0.3, -0.25) is 9.59 Å². The summed E-state index contributed by atoms with van der Waals surface area (Å²) in [5, 5.41) is 4.09. The van der Waals surface area contributed by atoms with Crippen LogP contribution in [-0.4, -0.2) is 63.2 Å². The molecule has 0 aromatic heterocycles. The summed E-state index contributed by atoms with van der Waals surface area (Å²) in [6.45, 7) is 10.8. The first-order valence-electron chi connectivity index (χ1n) is 20.3. The molecule has 300 valence electrons. The molecule has 9 heteroatoms. The molecule has 8 rings (SSSR count). The van der Waals surface area contributed by atoms with E-state index in [1.54, 1.807) is 14.2 Å². The van der Waals surface area contributed by atoms with E-state index in [0.29, 0.717) is 18.4 Å². The van der Waals surface area contributed by atoms with Crippen molar-refractivity contribution in [1.29, 1.82) is 0 Å². The van der Waals surface area contributed by atoms with Gasteiger partial charge in [-0.2, -0.15) is 0 Å². The van der Waals surface area contributed by atoms with E-state index >= 15 is 0 Å². The maximum Gasteiger partial charge on any atom is 0.336 e. The molecule has 3 fully saturated rings. The van der Waals surface area contributed by atoms with Crippen molar-refractivity contribution in [1.82, 2.24) is 0 Å². The smallest absolute Gasteiger partial charge is 0.336 e. The number of fused-ring (bicyclic) bond motifs is 5. The summed E-state index contributed by atoms with van der Waals surface area (Å²) in [6, 6.07) is 23.8. The van der Waals surface area contributed by atoms with Gasteiger partial charge >= 0.3 is 17.9 Å². The van der Waals surface area contributed by atoms with E-state index in [4.69, 9.17) is 28.4 Å².